The zero-order valence-corrected chi connectivity index (χ0v) is 14.1. The highest BCUT2D eigenvalue weighted by Gasteiger charge is 2.28. The van der Waals surface area contributed by atoms with Crippen molar-refractivity contribution in [1.29, 1.82) is 0 Å². The molecular weight excluding hydrogens is 300 g/mol. The number of hydrogen-bond acceptors (Lipinski definition) is 3. The second-order valence-electron chi connectivity index (χ2n) is 6.89. The lowest BCUT2D eigenvalue weighted by Gasteiger charge is -2.32. The molecule has 2 aliphatic heterocycles. The summed E-state index contributed by atoms with van der Waals surface area (Å²) in [4.78, 5) is 14.9. The van der Waals surface area contributed by atoms with Crippen LogP contribution in [0.3, 0.4) is 0 Å². The average Bonchev–Trinajstić information content (AvgIpc) is 3.13. The van der Waals surface area contributed by atoms with Gasteiger partial charge in [-0.05, 0) is 49.4 Å². The fourth-order valence-electron chi connectivity index (χ4n) is 3.81. The lowest BCUT2D eigenvalue weighted by molar-refractivity contribution is 0.0978. The van der Waals surface area contributed by atoms with Crippen molar-refractivity contribution in [3.05, 3.63) is 47.8 Å². The van der Waals surface area contributed by atoms with Gasteiger partial charge < -0.3 is 10.2 Å². The van der Waals surface area contributed by atoms with Gasteiger partial charge in [0.15, 0.2) is 5.69 Å². The Labute approximate surface area is 142 Å². The summed E-state index contributed by atoms with van der Waals surface area (Å²) in [5.41, 5.74) is 2.84. The minimum absolute atomic E-state index is 0.0110. The molecule has 0 radical (unpaired) electrons. The van der Waals surface area contributed by atoms with Crippen LogP contribution < -0.4 is 10.2 Å². The molecule has 1 amide bonds. The monoisotopic (exact) mass is 324 g/mol. The van der Waals surface area contributed by atoms with Crippen LogP contribution in [0.15, 0.2) is 36.5 Å². The molecule has 0 spiro atoms. The number of carbonyl (C=O) groups excluding carboxylic acids is 1. The van der Waals surface area contributed by atoms with Crippen LogP contribution >= 0.6 is 0 Å². The molecule has 2 atom stereocenters. The molecule has 2 aromatic rings. The Bertz CT molecular complexity index is 732. The molecule has 2 unspecified atom stereocenters. The van der Waals surface area contributed by atoms with E-state index in [9.17, 15) is 4.79 Å². The predicted octanol–water partition coefficient (Wildman–Crippen LogP) is 2.96. The maximum absolute atomic E-state index is 13.0. The van der Waals surface area contributed by atoms with Crippen molar-refractivity contribution in [3.63, 3.8) is 0 Å². The Kier molecular flexibility index (Phi) is 4.10. The number of anilines is 1. The zero-order valence-electron chi connectivity index (χ0n) is 14.1. The highest BCUT2D eigenvalue weighted by atomic mass is 16.2. The highest BCUT2D eigenvalue weighted by Crippen LogP contribution is 2.35. The first-order valence-corrected chi connectivity index (χ1v) is 8.90. The largest absolute Gasteiger partial charge is 0.315 e. The van der Waals surface area contributed by atoms with Crippen molar-refractivity contribution in [3.8, 4) is 0 Å². The summed E-state index contributed by atoms with van der Waals surface area (Å²) >= 11 is 0. The molecule has 24 heavy (non-hydrogen) atoms. The first kappa shape index (κ1) is 15.4. The van der Waals surface area contributed by atoms with Crippen LogP contribution in [0.2, 0.25) is 0 Å². The summed E-state index contributed by atoms with van der Waals surface area (Å²) in [5.74, 6) is 0.507. The van der Waals surface area contributed by atoms with Gasteiger partial charge in [-0.1, -0.05) is 25.1 Å². The van der Waals surface area contributed by atoms with E-state index < -0.39 is 0 Å². The molecule has 126 valence electrons. The van der Waals surface area contributed by atoms with Crippen molar-refractivity contribution < 1.29 is 4.79 Å². The number of benzene rings is 1. The van der Waals surface area contributed by atoms with Crippen LogP contribution in [0.5, 0.6) is 0 Å². The van der Waals surface area contributed by atoms with Crippen LogP contribution in [0.4, 0.5) is 5.69 Å². The number of piperidine rings is 1. The predicted molar refractivity (Wildman–Crippen MR) is 94.5 cm³/mol. The quantitative estimate of drug-likeness (QED) is 0.924. The number of para-hydroxylation sites is 1. The number of fused-ring (bicyclic) bond motifs is 1. The smallest absolute Gasteiger partial charge is 0.278 e. The van der Waals surface area contributed by atoms with E-state index >= 15 is 0 Å². The van der Waals surface area contributed by atoms with Gasteiger partial charge >= 0.3 is 0 Å². The summed E-state index contributed by atoms with van der Waals surface area (Å²) in [7, 11) is 0. The molecule has 1 fully saturated rings. The molecule has 1 aromatic carbocycles. The van der Waals surface area contributed by atoms with Crippen LogP contribution in [0.25, 0.3) is 0 Å². The molecule has 0 aliphatic carbocycles. The lowest BCUT2D eigenvalue weighted by Crippen LogP contribution is -2.37. The summed E-state index contributed by atoms with van der Waals surface area (Å²) in [6.45, 7) is 4.99. The molecule has 1 aromatic heterocycles. The first-order chi connectivity index (χ1) is 11.7. The highest BCUT2D eigenvalue weighted by molar-refractivity contribution is 6.05. The van der Waals surface area contributed by atoms with E-state index in [4.69, 9.17) is 0 Å². The Morgan fingerprint density at radius 2 is 2.12 bits per heavy atom. The van der Waals surface area contributed by atoms with Crippen molar-refractivity contribution >= 4 is 11.6 Å². The number of nitrogens with zero attached hydrogens (tertiary/aromatic N) is 3. The molecule has 0 saturated carbocycles. The van der Waals surface area contributed by atoms with Gasteiger partial charge in [-0.15, -0.1) is 0 Å². The van der Waals surface area contributed by atoms with Gasteiger partial charge in [0.1, 0.15) is 0 Å². The number of amides is 1. The summed E-state index contributed by atoms with van der Waals surface area (Å²) in [6.07, 6.45) is 5.22. The SMILES string of the molecule is CC1CCN(C(=O)c2ccn(C3CCCNC3)n2)c2ccccc21. The van der Waals surface area contributed by atoms with E-state index in [1.54, 1.807) is 0 Å². The third-order valence-electron chi connectivity index (χ3n) is 5.26. The molecule has 5 nitrogen and oxygen atoms in total. The van der Waals surface area contributed by atoms with E-state index in [0.717, 1.165) is 44.6 Å². The van der Waals surface area contributed by atoms with Gasteiger partial charge in [0, 0.05) is 25.0 Å². The summed E-state index contributed by atoms with van der Waals surface area (Å²) < 4.78 is 1.96. The Balaban J connectivity index is 1.58. The Morgan fingerprint density at radius 3 is 2.96 bits per heavy atom. The maximum atomic E-state index is 13.0. The van der Waals surface area contributed by atoms with E-state index in [1.165, 1.54) is 5.56 Å². The fraction of sp³-hybridized carbons (Fsp3) is 0.474. The molecule has 1 saturated heterocycles. The van der Waals surface area contributed by atoms with Crippen molar-refractivity contribution in [2.24, 2.45) is 0 Å². The van der Waals surface area contributed by atoms with E-state index in [0.29, 0.717) is 17.7 Å². The molecule has 3 heterocycles. The number of aromatic nitrogens is 2. The summed E-state index contributed by atoms with van der Waals surface area (Å²) in [6, 6.07) is 10.4. The minimum atomic E-state index is 0.0110. The van der Waals surface area contributed by atoms with Crippen molar-refractivity contribution in [1.82, 2.24) is 15.1 Å². The molecule has 2 aliphatic rings. The zero-order chi connectivity index (χ0) is 16.5. The molecule has 0 bridgehead atoms. The molecule has 1 N–H and O–H groups in total. The maximum Gasteiger partial charge on any atom is 0.278 e. The number of nitrogens with one attached hydrogen (secondary N) is 1. The van der Waals surface area contributed by atoms with Crippen molar-refractivity contribution in [2.75, 3.05) is 24.5 Å². The second-order valence-corrected chi connectivity index (χ2v) is 6.89. The molecule has 4 rings (SSSR count). The van der Waals surface area contributed by atoms with Gasteiger partial charge in [-0.25, -0.2) is 0 Å². The minimum Gasteiger partial charge on any atom is -0.315 e. The standard InChI is InChI=1S/C19H24N4O/c1-14-8-11-22(18-7-3-2-6-16(14)18)19(24)17-9-12-23(21-17)15-5-4-10-20-13-15/h2-3,6-7,9,12,14-15,20H,4-5,8,10-11,13H2,1H3. The van der Waals surface area contributed by atoms with Gasteiger partial charge in [-0.2, -0.15) is 5.10 Å². The van der Waals surface area contributed by atoms with Crippen LogP contribution in [-0.2, 0) is 0 Å². The lowest BCUT2D eigenvalue weighted by atomic mass is 9.91. The van der Waals surface area contributed by atoms with Crippen LogP contribution in [-0.4, -0.2) is 35.3 Å². The number of carbonyl (C=O) groups is 1. The number of hydrogen-bond donors (Lipinski definition) is 1. The average molecular weight is 324 g/mol. The van der Waals surface area contributed by atoms with Gasteiger partial charge in [-0.3, -0.25) is 9.48 Å². The molecular formula is C19H24N4O. The fourth-order valence-corrected chi connectivity index (χ4v) is 3.81. The number of rotatable bonds is 2. The van der Waals surface area contributed by atoms with Gasteiger partial charge in [0.05, 0.1) is 6.04 Å². The van der Waals surface area contributed by atoms with Crippen LogP contribution in [0.1, 0.15) is 54.2 Å². The van der Waals surface area contributed by atoms with Gasteiger partial charge in [0.2, 0.25) is 0 Å². The topological polar surface area (TPSA) is 50.2 Å². The van der Waals surface area contributed by atoms with Crippen LogP contribution in [0, 0.1) is 0 Å². The molecule has 5 heteroatoms. The van der Waals surface area contributed by atoms with E-state index in [1.807, 2.05) is 40.0 Å². The normalized spacial score (nSPS) is 23.8. The van der Waals surface area contributed by atoms with Crippen molar-refractivity contribution in [2.45, 2.75) is 38.1 Å². The first-order valence-electron chi connectivity index (χ1n) is 8.90. The van der Waals surface area contributed by atoms with Gasteiger partial charge in [0.25, 0.3) is 5.91 Å². The van der Waals surface area contributed by atoms with E-state index in [-0.39, 0.29) is 5.91 Å². The third-order valence-corrected chi connectivity index (χ3v) is 5.26. The second kappa shape index (κ2) is 6.40. The van der Waals surface area contributed by atoms with E-state index in [2.05, 4.69) is 23.4 Å². The Morgan fingerprint density at radius 1 is 1.25 bits per heavy atom. The summed E-state index contributed by atoms with van der Waals surface area (Å²) in [5, 5.41) is 7.98. The third kappa shape index (κ3) is 2.73. The Hall–Kier alpha value is -2.14.